The average Bonchev–Trinajstić information content (AvgIpc) is 3.55. The molecule has 5 aromatic rings. The Morgan fingerprint density at radius 2 is 1.57 bits per heavy atom. The Bertz CT molecular complexity index is 2470. The van der Waals surface area contributed by atoms with Crippen molar-refractivity contribution in [3.05, 3.63) is 132 Å². The molecule has 15 nitrogen and oxygen atoms in total. The van der Waals surface area contributed by atoms with Gasteiger partial charge in [-0.2, -0.15) is 5.26 Å². The molecule has 1 unspecified atom stereocenters. The van der Waals surface area contributed by atoms with Gasteiger partial charge >= 0.3 is 6.03 Å². The number of hydrogen-bond donors (Lipinski definition) is 3. The van der Waals surface area contributed by atoms with Gasteiger partial charge in [0.05, 0.1) is 16.7 Å². The Labute approximate surface area is 351 Å². The molecule has 0 bridgehead atoms. The van der Waals surface area contributed by atoms with E-state index >= 15 is 0 Å². The second-order valence-electron chi connectivity index (χ2n) is 15.0. The zero-order chi connectivity index (χ0) is 42.3. The van der Waals surface area contributed by atoms with Gasteiger partial charge in [0.1, 0.15) is 36.9 Å². The van der Waals surface area contributed by atoms with E-state index in [-0.39, 0.29) is 61.0 Å². The van der Waals surface area contributed by atoms with Gasteiger partial charge in [0.25, 0.3) is 11.8 Å². The van der Waals surface area contributed by atoms with Gasteiger partial charge in [0.2, 0.25) is 17.7 Å². The van der Waals surface area contributed by atoms with E-state index in [0.29, 0.717) is 18.0 Å². The molecule has 4 heterocycles. The van der Waals surface area contributed by atoms with Crippen LogP contribution in [-0.2, 0) is 16.1 Å². The number of fused-ring (bicyclic) bond motifs is 1. The number of piperidine rings is 1. The summed E-state index contributed by atoms with van der Waals surface area (Å²) in [5, 5.41) is 17.9. The van der Waals surface area contributed by atoms with Crippen molar-refractivity contribution < 1.29 is 33.4 Å². The minimum Gasteiger partial charge on any atom is -0.489 e. The number of imide groups is 2. The highest BCUT2D eigenvalue weighted by molar-refractivity contribution is 6.24. The fourth-order valence-electron chi connectivity index (χ4n) is 7.94. The summed E-state index contributed by atoms with van der Waals surface area (Å²) in [6.07, 6.45) is 6.63. The largest absolute Gasteiger partial charge is 0.489 e. The first-order valence-corrected chi connectivity index (χ1v) is 20.2. The summed E-state index contributed by atoms with van der Waals surface area (Å²) in [5.74, 6) is -1.10. The van der Waals surface area contributed by atoms with Gasteiger partial charge in [-0.25, -0.2) is 14.8 Å². The Morgan fingerprint density at radius 1 is 0.803 bits per heavy atom. The lowest BCUT2D eigenvalue weighted by atomic mass is 9.89. The predicted octanol–water partition coefficient (Wildman–Crippen LogP) is 6.01. The third-order valence-corrected chi connectivity index (χ3v) is 11.0. The molecule has 2 aromatic heterocycles. The number of anilines is 2. The molecule has 3 aromatic carbocycles. The number of aromatic nitrogens is 2. The van der Waals surface area contributed by atoms with Crippen molar-refractivity contribution in [2.24, 2.45) is 0 Å². The number of pyridine rings is 2. The summed E-state index contributed by atoms with van der Waals surface area (Å²) in [5.41, 5.74) is 4.26. The summed E-state index contributed by atoms with van der Waals surface area (Å²) in [4.78, 5) is 76.0. The number of amides is 6. The number of ether oxygens (including phenoxy) is 2. The smallest absolute Gasteiger partial charge is 0.322 e. The lowest BCUT2D eigenvalue weighted by molar-refractivity contribution is -0.136. The van der Waals surface area contributed by atoms with Crippen LogP contribution in [0.25, 0.3) is 11.1 Å². The van der Waals surface area contributed by atoms with E-state index in [0.717, 1.165) is 58.8 Å². The molecule has 308 valence electrons. The minimum atomic E-state index is -1.07. The van der Waals surface area contributed by atoms with E-state index in [1.165, 1.54) is 6.07 Å². The fraction of sp³-hybridized carbons (Fsp3) is 0.261. The molecule has 2 fully saturated rings. The van der Waals surface area contributed by atoms with E-state index < -0.39 is 29.7 Å². The van der Waals surface area contributed by atoms with Gasteiger partial charge < -0.3 is 20.1 Å². The Kier molecular flexibility index (Phi) is 11.9. The average molecular weight is 819 g/mol. The van der Waals surface area contributed by atoms with Gasteiger partial charge in [0, 0.05) is 54.8 Å². The van der Waals surface area contributed by atoms with Crippen LogP contribution in [0.4, 0.5) is 16.3 Å². The van der Waals surface area contributed by atoms with Crippen molar-refractivity contribution in [3.63, 3.8) is 0 Å². The zero-order valence-corrected chi connectivity index (χ0v) is 33.1. The lowest BCUT2D eigenvalue weighted by Crippen LogP contribution is -2.54. The SMILES string of the molecule is N#Cc1ccc(N[C@H]2CC[C@H](N(C(=O)NCc3ccccc3)c3ccc(-c4ccc(OCCOc5cccc6c5C(=O)N(C5CCC(=O)NC5=O)C6=O)nc4)cc3)CC2)nc1. The number of hydrogen-bond acceptors (Lipinski definition) is 11. The fourth-order valence-corrected chi connectivity index (χ4v) is 7.94. The van der Waals surface area contributed by atoms with Crippen LogP contribution in [0, 0.1) is 11.3 Å². The van der Waals surface area contributed by atoms with E-state index in [9.17, 15) is 24.0 Å². The van der Waals surface area contributed by atoms with Gasteiger partial charge in [0.15, 0.2) is 0 Å². The quantitative estimate of drug-likeness (QED) is 0.0930. The molecule has 1 saturated heterocycles. The molecule has 61 heavy (non-hydrogen) atoms. The van der Waals surface area contributed by atoms with Crippen LogP contribution in [0.15, 0.2) is 109 Å². The molecule has 1 atom stereocenters. The molecule has 15 heteroatoms. The summed E-state index contributed by atoms with van der Waals surface area (Å²) < 4.78 is 11.7. The van der Waals surface area contributed by atoms with E-state index in [2.05, 4.69) is 32.0 Å². The van der Waals surface area contributed by atoms with E-state index in [4.69, 9.17) is 14.7 Å². The zero-order valence-electron chi connectivity index (χ0n) is 33.1. The first kappa shape index (κ1) is 40.2. The highest BCUT2D eigenvalue weighted by atomic mass is 16.5. The number of nitrogens with one attached hydrogen (secondary N) is 3. The van der Waals surface area contributed by atoms with Crippen LogP contribution in [0.1, 0.15) is 70.4 Å². The molecular formula is C46H42N8O7. The third kappa shape index (κ3) is 9.03. The Balaban J connectivity index is 0.875. The minimum absolute atomic E-state index is 0.0195. The molecule has 1 aliphatic carbocycles. The van der Waals surface area contributed by atoms with Crippen LogP contribution in [0.2, 0.25) is 0 Å². The summed E-state index contributed by atoms with van der Waals surface area (Å²) in [6, 6.07) is 30.6. The van der Waals surface area contributed by atoms with Crippen LogP contribution in [0.5, 0.6) is 11.6 Å². The van der Waals surface area contributed by atoms with Crippen molar-refractivity contribution in [1.29, 1.82) is 5.26 Å². The normalized spacial score (nSPS) is 18.4. The van der Waals surface area contributed by atoms with Crippen LogP contribution < -0.4 is 30.3 Å². The molecule has 8 rings (SSSR count). The van der Waals surface area contributed by atoms with Gasteiger partial charge in [-0.3, -0.25) is 34.3 Å². The topological polar surface area (TPSA) is 196 Å². The number of carbonyl (C=O) groups excluding carboxylic acids is 5. The third-order valence-electron chi connectivity index (χ3n) is 11.0. The van der Waals surface area contributed by atoms with Crippen LogP contribution >= 0.6 is 0 Å². The molecule has 3 aliphatic rings. The molecule has 0 spiro atoms. The van der Waals surface area contributed by atoms with Crippen LogP contribution in [0.3, 0.4) is 0 Å². The molecule has 1 saturated carbocycles. The van der Waals surface area contributed by atoms with E-state index in [1.54, 1.807) is 36.7 Å². The number of nitrogens with zero attached hydrogens (tertiary/aromatic N) is 5. The molecule has 2 aliphatic heterocycles. The standard InChI is InChI=1S/C46H42N8O7/c47-25-30-9-20-39(48-27-30)51-33-13-17-35(18-14-33)53(46(59)50-26-29-5-2-1-3-6-29)34-15-10-31(11-16-34)32-12-22-41(49-28-32)61-24-23-60-38-8-4-7-36-42(38)45(58)54(44(36)57)37-19-21-40(55)52-43(37)56/h1-12,15-16,20,22,27-28,33,35,37H,13-14,17-19,21,23-24,26H2,(H,48,51)(H,50,59)(H,52,55,56)/t33-,35-,37?. The maximum Gasteiger partial charge on any atom is 0.322 e. The second kappa shape index (κ2) is 18.1. The maximum absolute atomic E-state index is 13.9. The van der Waals surface area contributed by atoms with Crippen molar-refractivity contribution in [2.45, 2.75) is 63.2 Å². The molecular weight excluding hydrogens is 777 g/mol. The highest BCUT2D eigenvalue weighted by Gasteiger charge is 2.46. The predicted molar refractivity (Wildman–Crippen MR) is 224 cm³/mol. The first-order valence-electron chi connectivity index (χ1n) is 20.2. The van der Waals surface area contributed by atoms with Crippen molar-refractivity contribution >= 4 is 41.2 Å². The second-order valence-corrected chi connectivity index (χ2v) is 15.0. The van der Waals surface area contributed by atoms with Crippen molar-refractivity contribution in [1.82, 2.24) is 25.5 Å². The van der Waals surface area contributed by atoms with E-state index in [1.807, 2.05) is 71.6 Å². The van der Waals surface area contributed by atoms with Gasteiger partial charge in [-0.05, 0) is 85.7 Å². The number of nitriles is 1. The monoisotopic (exact) mass is 818 g/mol. The lowest BCUT2D eigenvalue weighted by Gasteiger charge is -2.37. The Hall–Kier alpha value is -7.60. The van der Waals surface area contributed by atoms with Crippen molar-refractivity contribution in [2.75, 3.05) is 23.4 Å². The van der Waals surface area contributed by atoms with Gasteiger partial charge in [-0.15, -0.1) is 0 Å². The number of rotatable bonds is 13. The summed E-state index contributed by atoms with van der Waals surface area (Å²) >= 11 is 0. The molecule has 3 N–H and O–H groups in total. The van der Waals surface area contributed by atoms with Crippen molar-refractivity contribution in [3.8, 4) is 28.8 Å². The Morgan fingerprint density at radius 3 is 2.28 bits per heavy atom. The number of carbonyl (C=O) groups is 5. The molecule has 0 radical (unpaired) electrons. The highest BCUT2D eigenvalue weighted by Crippen LogP contribution is 2.34. The van der Waals surface area contributed by atoms with Crippen LogP contribution in [-0.4, -0.2) is 75.9 Å². The molecule has 6 amide bonds. The number of benzene rings is 3. The van der Waals surface area contributed by atoms with Gasteiger partial charge in [-0.1, -0.05) is 48.5 Å². The first-order chi connectivity index (χ1) is 29.7. The maximum atomic E-state index is 13.9. The summed E-state index contributed by atoms with van der Waals surface area (Å²) in [6.45, 7) is 0.543. The number of urea groups is 1. The summed E-state index contributed by atoms with van der Waals surface area (Å²) in [7, 11) is 0.